The first-order valence-corrected chi connectivity index (χ1v) is 26.3. The molecule has 4 heterocycles. The van der Waals surface area contributed by atoms with Crippen LogP contribution in [0, 0.1) is 12.8 Å². The van der Waals surface area contributed by atoms with E-state index in [1.165, 1.54) is 12.0 Å². The summed E-state index contributed by atoms with van der Waals surface area (Å²) in [5.74, 6) is -3.11. The maximum absolute atomic E-state index is 14.7. The third kappa shape index (κ3) is 10.8. The fourth-order valence-corrected chi connectivity index (χ4v) is 10.9. The van der Waals surface area contributed by atoms with Crippen LogP contribution in [0.5, 0.6) is 5.75 Å². The quantitative estimate of drug-likeness (QED) is 0.0316. The number of aryl methyl sites for hydroxylation is 1. The van der Waals surface area contributed by atoms with Crippen LogP contribution in [0.25, 0.3) is 33.0 Å². The van der Waals surface area contributed by atoms with Gasteiger partial charge in [0.25, 0.3) is 5.91 Å². The van der Waals surface area contributed by atoms with Gasteiger partial charge in [-0.25, -0.2) is 19.2 Å². The Balaban J connectivity index is 0.919. The SMILES string of the molecule is COC(=O)c1c(C)[nH]c2c(OC(=O)N3CCN(C)CC3)cc3c(c12)[C@H](CBr)CN3C(=O)c1cc2cc(NC(=O)C(CCCNC(N)=O)NC(=O)C(NC(=O)OCC3c4ccccc4-c4ccccc43)C(C)C)ccc2o1. The van der Waals surface area contributed by atoms with Crippen LogP contribution >= 0.6 is 15.9 Å². The second-order valence-electron chi connectivity index (χ2n) is 19.6. The summed E-state index contributed by atoms with van der Waals surface area (Å²) in [5, 5.41) is 12.2. The number of H-pyrrole nitrogens is 1. The number of esters is 1. The molecule has 3 atom stereocenters. The van der Waals surface area contributed by atoms with Crippen molar-refractivity contribution in [3.8, 4) is 16.9 Å². The number of aromatic nitrogens is 1. The molecule has 9 rings (SSSR count). The number of carbonyl (C=O) groups excluding carboxylic acids is 7. The number of rotatable bonds is 16. The summed E-state index contributed by atoms with van der Waals surface area (Å²) < 4.78 is 23.2. The number of likely N-dealkylation sites (N-methyl/N-ethyl adjacent to an activating group) is 1. The Kier molecular flexibility index (Phi) is 15.7. The largest absolute Gasteiger partial charge is 0.465 e. The molecule has 3 aliphatic rings. The molecule has 0 spiro atoms. The molecule has 0 radical (unpaired) electrons. The van der Waals surface area contributed by atoms with Crippen molar-refractivity contribution in [1.29, 1.82) is 0 Å². The molecular weight excluding hydrogens is 1040 g/mol. The van der Waals surface area contributed by atoms with E-state index >= 15 is 0 Å². The highest BCUT2D eigenvalue weighted by atomic mass is 79.9. The number of methoxy groups -OCH3 is 1. The van der Waals surface area contributed by atoms with Gasteiger partial charge < -0.3 is 65.3 Å². The maximum Gasteiger partial charge on any atom is 0.415 e. The fourth-order valence-electron chi connectivity index (χ4n) is 10.4. The number of nitrogens with zero attached hydrogens (tertiary/aromatic N) is 3. The van der Waals surface area contributed by atoms with E-state index in [0.717, 1.165) is 22.3 Å². The predicted octanol–water partition coefficient (Wildman–Crippen LogP) is 7.33. The number of urea groups is 1. The van der Waals surface area contributed by atoms with Crippen LogP contribution in [0.3, 0.4) is 0 Å². The summed E-state index contributed by atoms with van der Waals surface area (Å²) in [7, 11) is 3.27. The highest BCUT2D eigenvalue weighted by molar-refractivity contribution is 9.09. The molecule has 2 unspecified atom stereocenters. The number of alkyl halides is 1. The van der Waals surface area contributed by atoms with Crippen LogP contribution in [-0.4, -0.2) is 134 Å². The number of primary amides is 1. The molecule has 1 saturated heterocycles. The van der Waals surface area contributed by atoms with E-state index in [2.05, 4.69) is 47.1 Å². The van der Waals surface area contributed by atoms with Gasteiger partial charge in [0.15, 0.2) is 11.5 Å². The van der Waals surface area contributed by atoms with Gasteiger partial charge in [-0.1, -0.05) is 78.3 Å². The minimum atomic E-state index is -1.14. The van der Waals surface area contributed by atoms with Crippen molar-refractivity contribution < 1.29 is 52.2 Å². The lowest BCUT2D eigenvalue weighted by atomic mass is 9.95. The number of alkyl carbamates (subject to hydrolysis) is 1. The number of nitrogens with two attached hydrogens (primary N) is 1. The maximum atomic E-state index is 14.7. The van der Waals surface area contributed by atoms with E-state index in [1.54, 1.807) is 56.0 Å². The number of halogens is 1. The highest BCUT2D eigenvalue weighted by Gasteiger charge is 2.40. The van der Waals surface area contributed by atoms with E-state index in [1.807, 2.05) is 55.6 Å². The second-order valence-corrected chi connectivity index (χ2v) is 20.3. The van der Waals surface area contributed by atoms with Gasteiger partial charge in [-0.05, 0) is 84.8 Å². The topological polar surface area (TPSA) is 260 Å². The van der Waals surface area contributed by atoms with Crippen molar-refractivity contribution in [2.24, 2.45) is 11.7 Å². The van der Waals surface area contributed by atoms with Crippen molar-refractivity contribution in [2.45, 2.75) is 57.5 Å². The lowest BCUT2D eigenvalue weighted by Crippen LogP contribution is -2.54. The molecule has 0 bridgehead atoms. The number of hydrogen-bond acceptors (Lipinski definition) is 12. The van der Waals surface area contributed by atoms with E-state index < -0.39 is 59.9 Å². The van der Waals surface area contributed by atoms with Crippen LogP contribution in [0.1, 0.15) is 81.8 Å². The fraction of sp³-hybridized carbons (Fsp3) is 0.364. The zero-order valence-corrected chi connectivity index (χ0v) is 44.3. The number of benzene rings is 4. The Morgan fingerprint density at radius 1 is 0.895 bits per heavy atom. The predicted molar refractivity (Wildman–Crippen MR) is 288 cm³/mol. The third-order valence-electron chi connectivity index (χ3n) is 14.3. The lowest BCUT2D eigenvalue weighted by Gasteiger charge is -2.31. The van der Waals surface area contributed by atoms with Crippen LogP contribution in [0.4, 0.5) is 25.8 Å². The molecule has 1 fully saturated rings. The van der Waals surface area contributed by atoms with Gasteiger partial charge >= 0.3 is 24.2 Å². The summed E-state index contributed by atoms with van der Waals surface area (Å²) in [4.78, 5) is 103. The zero-order valence-electron chi connectivity index (χ0n) is 42.8. The molecule has 2 aliphatic heterocycles. The molecule has 1 aliphatic carbocycles. The first kappa shape index (κ1) is 52.9. The number of carbonyl (C=O) groups is 7. The van der Waals surface area contributed by atoms with Gasteiger partial charge in [0.2, 0.25) is 11.8 Å². The summed E-state index contributed by atoms with van der Waals surface area (Å²) in [6, 6.07) is 21.0. The molecule has 4 aromatic carbocycles. The normalized spacial score (nSPS) is 15.9. The highest BCUT2D eigenvalue weighted by Crippen LogP contribution is 2.49. The summed E-state index contributed by atoms with van der Waals surface area (Å²) >= 11 is 3.63. The molecule has 20 nitrogen and oxygen atoms in total. The number of anilines is 2. The molecule has 398 valence electrons. The molecule has 7 amide bonds. The molecule has 21 heteroatoms. The van der Waals surface area contributed by atoms with Gasteiger partial charge in [0, 0.05) is 84.7 Å². The Morgan fingerprint density at radius 2 is 1.59 bits per heavy atom. The van der Waals surface area contributed by atoms with Crippen molar-refractivity contribution >= 4 is 91.1 Å². The van der Waals surface area contributed by atoms with Crippen molar-refractivity contribution in [3.63, 3.8) is 0 Å². The van der Waals surface area contributed by atoms with E-state index in [-0.39, 0.29) is 61.4 Å². The average molecular weight is 1100 g/mol. The second kappa shape index (κ2) is 22.5. The number of piperazine rings is 1. The van der Waals surface area contributed by atoms with Crippen LogP contribution in [-0.2, 0) is 19.1 Å². The first-order chi connectivity index (χ1) is 36.5. The van der Waals surface area contributed by atoms with E-state index in [0.29, 0.717) is 76.0 Å². The van der Waals surface area contributed by atoms with Gasteiger partial charge in [-0.15, -0.1) is 0 Å². The molecule has 0 saturated carbocycles. The smallest absolute Gasteiger partial charge is 0.415 e. The van der Waals surface area contributed by atoms with Gasteiger partial charge in [0.1, 0.15) is 24.3 Å². The number of furan rings is 1. The van der Waals surface area contributed by atoms with Gasteiger partial charge in [0.05, 0.1) is 23.9 Å². The van der Waals surface area contributed by atoms with Crippen LogP contribution < -0.4 is 36.6 Å². The molecule has 6 aromatic rings. The van der Waals surface area contributed by atoms with Crippen LogP contribution in [0.15, 0.2) is 83.3 Å². The van der Waals surface area contributed by atoms with Gasteiger partial charge in [-0.3, -0.25) is 14.4 Å². The summed E-state index contributed by atoms with van der Waals surface area (Å²) in [6.07, 6.45) is -1.02. The molecule has 2 aromatic heterocycles. The van der Waals surface area contributed by atoms with E-state index in [4.69, 9.17) is 24.4 Å². The third-order valence-corrected chi connectivity index (χ3v) is 15.1. The number of ether oxygens (including phenoxy) is 3. The number of aromatic amines is 1. The van der Waals surface area contributed by atoms with Crippen LogP contribution in [0.2, 0.25) is 0 Å². The molecule has 7 N–H and O–H groups in total. The number of hydrogen-bond donors (Lipinski definition) is 6. The monoisotopic (exact) mass is 1100 g/mol. The zero-order chi connectivity index (χ0) is 53.9. The van der Waals surface area contributed by atoms with Crippen molar-refractivity contribution in [2.75, 3.05) is 75.6 Å². The Labute approximate surface area is 446 Å². The Hall–Kier alpha value is -7.91. The average Bonchev–Trinajstić information content (AvgIpc) is 4.18. The van der Waals surface area contributed by atoms with Crippen molar-refractivity contribution in [3.05, 3.63) is 113 Å². The van der Waals surface area contributed by atoms with Gasteiger partial charge in [-0.2, -0.15) is 0 Å². The van der Waals surface area contributed by atoms with E-state index in [9.17, 15) is 33.6 Å². The number of nitrogens with one attached hydrogen (secondary N) is 5. The lowest BCUT2D eigenvalue weighted by molar-refractivity contribution is -0.128. The molecule has 76 heavy (non-hydrogen) atoms. The standard InChI is InChI=1S/C55H60BrN9O11/c1-29(2)47(62-54(71)74-28-38-36-13-8-6-11-34(36)35-12-7-9-14-37(35)38)50(67)61-39(15-10-18-58-53(57)70)49(66)60-33-16-17-41-31(23-33)24-43(75-41)51(68)65-27-32(26-56)45-40(65)25-42(76-55(72)64-21-19-63(4)20-22-64)48-46(45)44(30(3)59-48)52(69)73-5/h6-9,11-14,16-17,23-25,29,32,38-39,47,59H,10,15,18-22,26-28H2,1-5H3,(H,60,66)(H,61,67)(H,62,71)(H3,57,58,70)/t32-,39?,47?/m1/s1. The number of amides is 7. The minimum absolute atomic E-state index is 0.0233. The summed E-state index contributed by atoms with van der Waals surface area (Å²) in [5.41, 5.74) is 12.5. The first-order valence-electron chi connectivity index (χ1n) is 25.1. The Morgan fingerprint density at radius 3 is 2.25 bits per heavy atom. The molecular formula is C55H60BrN9O11. The number of fused-ring (bicyclic) bond motifs is 7. The summed E-state index contributed by atoms with van der Waals surface area (Å²) in [6.45, 7) is 7.87. The minimum Gasteiger partial charge on any atom is -0.465 e. The Bertz CT molecular complexity index is 3210. The van der Waals surface area contributed by atoms with Crippen molar-refractivity contribution in [1.82, 2.24) is 30.7 Å².